The first-order valence-electron chi connectivity index (χ1n) is 15.2. The Morgan fingerprint density at radius 1 is 0.917 bits per heavy atom. The lowest BCUT2D eigenvalue weighted by molar-refractivity contribution is -0.145. The summed E-state index contributed by atoms with van der Waals surface area (Å²) in [6.07, 6.45) is -10.0. The number of fused-ring (bicyclic) bond motifs is 1. The van der Waals surface area contributed by atoms with Crippen molar-refractivity contribution in [1.29, 1.82) is 5.26 Å². The van der Waals surface area contributed by atoms with Crippen LogP contribution < -0.4 is 4.90 Å². The van der Waals surface area contributed by atoms with Gasteiger partial charge in [-0.1, -0.05) is 6.08 Å². The number of allylic oxidation sites excluding steroid dienone is 1. The van der Waals surface area contributed by atoms with Gasteiger partial charge in [0, 0.05) is 30.0 Å². The van der Waals surface area contributed by atoms with Crippen LogP contribution in [-0.2, 0) is 39.4 Å². The van der Waals surface area contributed by atoms with Crippen LogP contribution in [0.2, 0.25) is 0 Å². The standard InChI is InChI=1S/C33H32F9N3O3/c1-3-25-16-28(44(18-43)17-20-11-23(32(37,38)39)14-24(12-20)33(40,41)42)26-15-22(31(34,35)36)9-10-27(26)45(25)30(47)21-7-5-19(6-8-21)13-29(46)48-4-2/h3,9-12,14-15,19,21,28H,4-8,13,16-17H2,1-2H3/b25-3+/t19?,21?,28-/m0/s1. The Morgan fingerprint density at radius 3 is 2.00 bits per heavy atom. The molecule has 1 saturated carbocycles. The average molecular weight is 690 g/mol. The SMILES string of the molecule is C/C=C1\C[C@H](N(C#N)Cc2cc(C(F)(F)F)cc(C(F)(F)F)c2)c2cc(C(F)(F)F)ccc2N1C(=O)C1CCC(CC(=O)OCC)CC1. The zero-order valence-electron chi connectivity index (χ0n) is 25.9. The molecule has 1 atom stereocenters. The summed E-state index contributed by atoms with van der Waals surface area (Å²) in [5.74, 6) is -1.29. The van der Waals surface area contributed by atoms with Crippen molar-refractivity contribution in [2.75, 3.05) is 11.5 Å². The summed E-state index contributed by atoms with van der Waals surface area (Å²) in [7, 11) is 0. The number of hydrogen-bond acceptors (Lipinski definition) is 5. The maximum Gasteiger partial charge on any atom is 0.416 e. The first-order chi connectivity index (χ1) is 22.4. The normalized spacial score (nSPS) is 21.0. The van der Waals surface area contributed by atoms with E-state index in [9.17, 15) is 54.4 Å². The molecule has 2 aromatic rings. The van der Waals surface area contributed by atoms with Gasteiger partial charge in [0.2, 0.25) is 5.91 Å². The Labute approximate surface area is 270 Å². The number of amides is 1. The molecular formula is C33H32F9N3O3. The second-order valence-electron chi connectivity index (χ2n) is 11.8. The highest BCUT2D eigenvalue weighted by Crippen LogP contribution is 2.47. The third-order valence-corrected chi connectivity index (χ3v) is 8.66. The number of carbonyl (C=O) groups is 2. The van der Waals surface area contributed by atoms with Crippen LogP contribution in [-0.4, -0.2) is 23.4 Å². The highest BCUT2D eigenvalue weighted by Gasteiger charge is 2.42. The van der Waals surface area contributed by atoms with Gasteiger partial charge in [-0.25, -0.2) is 0 Å². The van der Waals surface area contributed by atoms with Gasteiger partial charge in [0.05, 0.1) is 41.6 Å². The van der Waals surface area contributed by atoms with Gasteiger partial charge in [0.15, 0.2) is 6.19 Å². The van der Waals surface area contributed by atoms with E-state index in [2.05, 4.69) is 0 Å². The minimum atomic E-state index is -5.15. The Morgan fingerprint density at radius 2 is 1.50 bits per heavy atom. The van der Waals surface area contributed by atoms with E-state index in [-0.39, 0.29) is 48.7 Å². The smallest absolute Gasteiger partial charge is 0.416 e. The van der Waals surface area contributed by atoms with E-state index in [0.29, 0.717) is 43.5 Å². The highest BCUT2D eigenvalue weighted by molar-refractivity contribution is 5.99. The van der Waals surface area contributed by atoms with Crippen LogP contribution in [0.4, 0.5) is 45.2 Å². The molecule has 15 heteroatoms. The number of hydrogen-bond donors (Lipinski definition) is 0. The summed E-state index contributed by atoms with van der Waals surface area (Å²) in [6.45, 7) is 2.70. The van der Waals surface area contributed by atoms with Crippen LogP contribution in [0, 0.1) is 23.3 Å². The molecule has 4 rings (SSSR count). The second-order valence-corrected chi connectivity index (χ2v) is 11.8. The summed E-state index contributed by atoms with van der Waals surface area (Å²) in [4.78, 5) is 28.0. The molecule has 0 aromatic heterocycles. The lowest BCUT2D eigenvalue weighted by atomic mass is 9.79. The number of ether oxygens (including phenoxy) is 1. The highest BCUT2D eigenvalue weighted by atomic mass is 19.4. The maximum absolute atomic E-state index is 14.0. The first kappa shape index (κ1) is 36.6. The van der Waals surface area contributed by atoms with Crippen molar-refractivity contribution in [3.05, 3.63) is 76.0 Å². The molecule has 1 aliphatic heterocycles. The fraction of sp³-hybridized carbons (Fsp3) is 0.485. The molecule has 2 aliphatic rings. The van der Waals surface area contributed by atoms with Gasteiger partial charge in [0.25, 0.3) is 0 Å². The molecule has 0 spiro atoms. The molecule has 1 aliphatic carbocycles. The number of benzene rings is 2. The van der Waals surface area contributed by atoms with Gasteiger partial charge < -0.3 is 4.74 Å². The van der Waals surface area contributed by atoms with Crippen molar-refractivity contribution >= 4 is 17.6 Å². The van der Waals surface area contributed by atoms with E-state index in [4.69, 9.17) is 4.74 Å². The Bertz CT molecular complexity index is 1550. The molecule has 0 N–H and O–H groups in total. The number of nitriles is 1. The molecule has 2 aromatic carbocycles. The number of carbonyl (C=O) groups excluding carboxylic acids is 2. The van der Waals surface area contributed by atoms with Crippen molar-refractivity contribution in [3.63, 3.8) is 0 Å². The van der Waals surface area contributed by atoms with Gasteiger partial charge >= 0.3 is 24.5 Å². The van der Waals surface area contributed by atoms with Gasteiger partial charge in [-0.3, -0.25) is 19.4 Å². The number of alkyl halides is 9. The summed E-state index contributed by atoms with van der Waals surface area (Å²) in [5, 5.41) is 10.1. The number of anilines is 1. The van der Waals surface area contributed by atoms with E-state index in [1.165, 1.54) is 11.0 Å². The quantitative estimate of drug-likeness (QED) is 0.126. The third-order valence-electron chi connectivity index (χ3n) is 8.66. The van der Waals surface area contributed by atoms with Crippen molar-refractivity contribution in [2.45, 2.75) is 83.5 Å². The van der Waals surface area contributed by atoms with Gasteiger partial charge in [-0.15, -0.1) is 0 Å². The number of nitrogens with zero attached hydrogens (tertiary/aromatic N) is 3. The molecule has 1 fully saturated rings. The van der Waals surface area contributed by atoms with Crippen LogP contribution in [0.15, 0.2) is 48.2 Å². The molecule has 0 radical (unpaired) electrons. The Balaban J connectivity index is 1.71. The van der Waals surface area contributed by atoms with Crippen LogP contribution in [0.1, 0.15) is 86.2 Å². The molecule has 0 unspecified atom stereocenters. The van der Waals surface area contributed by atoms with E-state index < -0.39 is 65.2 Å². The second kappa shape index (κ2) is 14.1. The van der Waals surface area contributed by atoms with E-state index in [1.54, 1.807) is 20.0 Å². The molecular weight excluding hydrogens is 657 g/mol. The molecule has 1 amide bonds. The lowest BCUT2D eigenvalue weighted by Crippen LogP contribution is -2.42. The Kier molecular flexibility index (Phi) is 10.8. The summed E-state index contributed by atoms with van der Waals surface area (Å²) < 4.78 is 128. The van der Waals surface area contributed by atoms with Crippen molar-refractivity contribution in [2.24, 2.45) is 11.8 Å². The lowest BCUT2D eigenvalue weighted by Gasteiger charge is -2.41. The van der Waals surface area contributed by atoms with Gasteiger partial charge in [-0.2, -0.15) is 44.8 Å². The van der Waals surface area contributed by atoms with Crippen molar-refractivity contribution in [3.8, 4) is 6.19 Å². The van der Waals surface area contributed by atoms with Crippen LogP contribution in [0.3, 0.4) is 0 Å². The summed E-state index contributed by atoms with van der Waals surface area (Å²) in [5.41, 5.74) is -4.67. The zero-order valence-corrected chi connectivity index (χ0v) is 25.9. The minimum Gasteiger partial charge on any atom is -0.466 e. The van der Waals surface area contributed by atoms with Crippen molar-refractivity contribution < 1.29 is 53.8 Å². The first-order valence-corrected chi connectivity index (χ1v) is 15.2. The molecule has 48 heavy (non-hydrogen) atoms. The predicted octanol–water partition coefficient (Wildman–Crippen LogP) is 9.17. The topological polar surface area (TPSA) is 73.6 Å². The van der Waals surface area contributed by atoms with Gasteiger partial charge in [-0.05, 0) is 87.4 Å². The summed E-state index contributed by atoms with van der Waals surface area (Å²) in [6, 6.07) is 2.19. The molecule has 0 saturated heterocycles. The number of rotatable bonds is 7. The molecule has 6 nitrogen and oxygen atoms in total. The average Bonchev–Trinajstić information content (AvgIpc) is 3.01. The number of halogens is 9. The largest absolute Gasteiger partial charge is 0.466 e. The Hall–Kier alpha value is -4.22. The fourth-order valence-corrected chi connectivity index (χ4v) is 6.31. The van der Waals surface area contributed by atoms with E-state index in [0.717, 1.165) is 23.1 Å². The number of esters is 1. The maximum atomic E-state index is 14.0. The monoisotopic (exact) mass is 689 g/mol. The van der Waals surface area contributed by atoms with E-state index >= 15 is 0 Å². The van der Waals surface area contributed by atoms with Crippen molar-refractivity contribution in [1.82, 2.24) is 4.90 Å². The minimum absolute atomic E-state index is 0.000416. The molecule has 0 bridgehead atoms. The zero-order chi connectivity index (χ0) is 35.6. The molecule has 1 heterocycles. The third kappa shape index (κ3) is 8.25. The van der Waals surface area contributed by atoms with E-state index in [1.807, 2.05) is 0 Å². The predicted molar refractivity (Wildman–Crippen MR) is 154 cm³/mol. The van der Waals surface area contributed by atoms with Gasteiger partial charge in [0.1, 0.15) is 0 Å². The van der Waals surface area contributed by atoms with Crippen LogP contribution in [0.25, 0.3) is 0 Å². The van der Waals surface area contributed by atoms with Crippen LogP contribution in [0.5, 0.6) is 0 Å². The summed E-state index contributed by atoms with van der Waals surface area (Å²) >= 11 is 0. The van der Waals surface area contributed by atoms with Crippen LogP contribution >= 0.6 is 0 Å². The molecule has 260 valence electrons. The fourth-order valence-electron chi connectivity index (χ4n) is 6.31.